The third kappa shape index (κ3) is 2.75. The summed E-state index contributed by atoms with van der Waals surface area (Å²) in [6.45, 7) is 3.44. The SMILES string of the molecule is CCN(C(=O)NCc1ccccc1)C1CC1. The van der Waals surface area contributed by atoms with E-state index in [-0.39, 0.29) is 6.03 Å². The quantitative estimate of drug-likeness (QED) is 0.826. The zero-order chi connectivity index (χ0) is 11.4. The number of nitrogens with one attached hydrogen (secondary N) is 1. The zero-order valence-corrected chi connectivity index (χ0v) is 9.65. The van der Waals surface area contributed by atoms with Crippen LogP contribution in [0.5, 0.6) is 0 Å². The molecule has 1 saturated carbocycles. The van der Waals surface area contributed by atoms with Gasteiger partial charge in [0.25, 0.3) is 0 Å². The zero-order valence-electron chi connectivity index (χ0n) is 9.65. The summed E-state index contributed by atoms with van der Waals surface area (Å²) in [7, 11) is 0. The van der Waals surface area contributed by atoms with Crippen molar-refractivity contribution in [2.75, 3.05) is 6.54 Å². The average Bonchev–Trinajstić information content (AvgIpc) is 3.13. The van der Waals surface area contributed by atoms with Gasteiger partial charge in [0.15, 0.2) is 0 Å². The first-order valence-corrected chi connectivity index (χ1v) is 5.89. The molecule has 3 heteroatoms. The van der Waals surface area contributed by atoms with Gasteiger partial charge < -0.3 is 10.2 Å². The lowest BCUT2D eigenvalue weighted by Gasteiger charge is -2.20. The lowest BCUT2D eigenvalue weighted by molar-refractivity contribution is 0.197. The maximum absolute atomic E-state index is 11.8. The highest BCUT2D eigenvalue weighted by atomic mass is 16.2. The molecule has 2 amide bonds. The molecule has 0 heterocycles. The first kappa shape index (κ1) is 11.0. The summed E-state index contributed by atoms with van der Waals surface area (Å²) in [5.41, 5.74) is 1.14. The predicted molar refractivity (Wildman–Crippen MR) is 64.1 cm³/mol. The summed E-state index contributed by atoms with van der Waals surface area (Å²) in [6, 6.07) is 10.5. The molecule has 1 aliphatic rings. The monoisotopic (exact) mass is 218 g/mol. The van der Waals surface area contributed by atoms with E-state index in [0.717, 1.165) is 24.9 Å². The van der Waals surface area contributed by atoms with Gasteiger partial charge in [0.1, 0.15) is 0 Å². The second kappa shape index (κ2) is 5.01. The molecular weight excluding hydrogens is 200 g/mol. The summed E-state index contributed by atoms with van der Waals surface area (Å²) < 4.78 is 0. The minimum atomic E-state index is 0.0638. The van der Waals surface area contributed by atoms with Gasteiger partial charge >= 0.3 is 6.03 Å². The molecule has 0 bridgehead atoms. The van der Waals surface area contributed by atoms with Crippen LogP contribution in [0.3, 0.4) is 0 Å². The maximum Gasteiger partial charge on any atom is 0.317 e. The van der Waals surface area contributed by atoms with E-state index in [0.29, 0.717) is 12.6 Å². The smallest absolute Gasteiger partial charge is 0.317 e. The number of urea groups is 1. The average molecular weight is 218 g/mol. The van der Waals surface area contributed by atoms with Gasteiger partial charge in [-0.2, -0.15) is 0 Å². The summed E-state index contributed by atoms with van der Waals surface area (Å²) in [4.78, 5) is 13.8. The van der Waals surface area contributed by atoms with E-state index >= 15 is 0 Å². The number of nitrogens with zero attached hydrogens (tertiary/aromatic N) is 1. The Bertz CT molecular complexity index is 346. The first-order chi connectivity index (χ1) is 7.81. The van der Waals surface area contributed by atoms with Crippen molar-refractivity contribution < 1.29 is 4.79 Å². The molecule has 0 radical (unpaired) electrons. The van der Waals surface area contributed by atoms with Crippen LogP contribution in [0.4, 0.5) is 4.79 Å². The standard InChI is InChI=1S/C13H18N2O/c1-2-15(12-8-9-12)13(16)14-10-11-6-4-3-5-7-11/h3-7,12H,2,8-10H2,1H3,(H,14,16). The highest BCUT2D eigenvalue weighted by Crippen LogP contribution is 2.26. The Morgan fingerprint density at radius 2 is 2.06 bits per heavy atom. The molecule has 1 aromatic rings. The van der Waals surface area contributed by atoms with Crippen LogP contribution in [0.2, 0.25) is 0 Å². The molecule has 0 atom stereocenters. The second-order valence-electron chi connectivity index (χ2n) is 4.16. The molecule has 0 saturated heterocycles. The number of amides is 2. The molecule has 3 nitrogen and oxygen atoms in total. The number of carbonyl (C=O) groups excluding carboxylic acids is 1. The Labute approximate surface area is 96.5 Å². The van der Waals surface area contributed by atoms with E-state index in [2.05, 4.69) is 5.32 Å². The highest BCUT2D eigenvalue weighted by Gasteiger charge is 2.31. The fourth-order valence-corrected chi connectivity index (χ4v) is 1.83. The van der Waals surface area contributed by atoms with Gasteiger partial charge in [-0.1, -0.05) is 30.3 Å². The Hall–Kier alpha value is -1.51. The van der Waals surface area contributed by atoms with Crippen LogP contribution in [0.25, 0.3) is 0 Å². The molecule has 0 spiro atoms. The minimum Gasteiger partial charge on any atom is -0.334 e. The van der Waals surface area contributed by atoms with Crippen molar-refractivity contribution in [2.45, 2.75) is 32.4 Å². The van der Waals surface area contributed by atoms with Gasteiger partial charge in [-0.15, -0.1) is 0 Å². The van der Waals surface area contributed by atoms with Crippen LogP contribution < -0.4 is 5.32 Å². The van der Waals surface area contributed by atoms with Crippen molar-refractivity contribution in [3.8, 4) is 0 Å². The van der Waals surface area contributed by atoms with Crippen molar-refractivity contribution >= 4 is 6.03 Å². The van der Waals surface area contributed by atoms with E-state index in [1.54, 1.807) is 0 Å². The molecule has 0 aromatic heterocycles. The molecule has 1 aromatic carbocycles. The number of carbonyl (C=O) groups is 1. The third-order valence-corrected chi connectivity index (χ3v) is 2.88. The molecule has 2 rings (SSSR count). The number of benzene rings is 1. The molecule has 86 valence electrons. The van der Waals surface area contributed by atoms with Gasteiger partial charge in [0.2, 0.25) is 0 Å². The van der Waals surface area contributed by atoms with Crippen LogP contribution in [-0.4, -0.2) is 23.5 Å². The van der Waals surface area contributed by atoms with Crippen molar-refractivity contribution in [2.24, 2.45) is 0 Å². The van der Waals surface area contributed by atoms with Gasteiger partial charge in [-0.05, 0) is 25.3 Å². The molecule has 16 heavy (non-hydrogen) atoms. The van der Waals surface area contributed by atoms with Crippen molar-refractivity contribution in [1.29, 1.82) is 0 Å². The van der Waals surface area contributed by atoms with E-state index in [9.17, 15) is 4.79 Å². The van der Waals surface area contributed by atoms with E-state index in [1.165, 1.54) is 0 Å². The summed E-state index contributed by atoms with van der Waals surface area (Å²) >= 11 is 0. The second-order valence-corrected chi connectivity index (χ2v) is 4.16. The molecule has 1 fully saturated rings. The molecule has 0 aliphatic heterocycles. The van der Waals surface area contributed by atoms with Crippen LogP contribution in [-0.2, 0) is 6.54 Å². The van der Waals surface area contributed by atoms with Crippen LogP contribution >= 0.6 is 0 Å². The van der Waals surface area contributed by atoms with Crippen molar-refractivity contribution in [3.63, 3.8) is 0 Å². The molecule has 1 aliphatic carbocycles. The Balaban J connectivity index is 1.83. The van der Waals surface area contributed by atoms with Gasteiger partial charge in [-0.3, -0.25) is 0 Å². The minimum absolute atomic E-state index is 0.0638. The Kier molecular flexibility index (Phi) is 3.44. The maximum atomic E-state index is 11.8. The molecule has 1 N–H and O–H groups in total. The van der Waals surface area contributed by atoms with Gasteiger partial charge in [0.05, 0.1) is 0 Å². The first-order valence-electron chi connectivity index (χ1n) is 5.89. The predicted octanol–water partition coefficient (Wildman–Crippen LogP) is 2.38. The Morgan fingerprint density at radius 1 is 1.38 bits per heavy atom. The number of hydrogen-bond acceptors (Lipinski definition) is 1. The fraction of sp³-hybridized carbons (Fsp3) is 0.462. The number of hydrogen-bond donors (Lipinski definition) is 1. The van der Waals surface area contributed by atoms with Gasteiger partial charge in [-0.25, -0.2) is 4.79 Å². The normalized spacial score (nSPS) is 14.6. The summed E-state index contributed by atoms with van der Waals surface area (Å²) in [5.74, 6) is 0. The lowest BCUT2D eigenvalue weighted by atomic mass is 10.2. The van der Waals surface area contributed by atoms with Crippen molar-refractivity contribution in [3.05, 3.63) is 35.9 Å². The van der Waals surface area contributed by atoms with Crippen LogP contribution in [0.15, 0.2) is 30.3 Å². The third-order valence-electron chi connectivity index (χ3n) is 2.88. The topological polar surface area (TPSA) is 32.3 Å². The lowest BCUT2D eigenvalue weighted by Crippen LogP contribution is -2.40. The Morgan fingerprint density at radius 3 is 2.62 bits per heavy atom. The fourth-order valence-electron chi connectivity index (χ4n) is 1.83. The van der Waals surface area contributed by atoms with Crippen LogP contribution in [0, 0.1) is 0 Å². The van der Waals surface area contributed by atoms with Crippen LogP contribution in [0.1, 0.15) is 25.3 Å². The van der Waals surface area contributed by atoms with E-state index in [4.69, 9.17) is 0 Å². The molecule has 0 unspecified atom stereocenters. The largest absolute Gasteiger partial charge is 0.334 e. The summed E-state index contributed by atoms with van der Waals surface area (Å²) in [5, 5.41) is 2.96. The number of rotatable bonds is 4. The van der Waals surface area contributed by atoms with E-state index < -0.39 is 0 Å². The van der Waals surface area contributed by atoms with Crippen molar-refractivity contribution in [1.82, 2.24) is 10.2 Å². The van der Waals surface area contributed by atoms with Gasteiger partial charge in [0, 0.05) is 19.1 Å². The summed E-state index contributed by atoms with van der Waals surface area (Å²) in [6.07, 6.45) is 2.32. The van der Waals surface area contributed by atoms with E-state index in [1.807, 2.05) is 42.2 Å². The molecular formula is C13H18N2O. The highest BCUT2D eigenvalue weighted by molar-refractivity contribution is 5.74.